The third-order valence-corrected chi connectivity index (χ3v) is 3.53. The molecule has 7 nitrogen and oxygen atoms in total. The number of rotatable bonds is 6. The summed E-state index contributed by atoms with van der Waals surface area (Å²) in [5.74, 6) is -0.397. The van der Waals surface area contributed by atoms with E-state index in [0.717, 1.165) is 0 Å². The van der Waals surface area contributed by atoms with Crippen LogP contribution in [0.1, 0.15) is 34.2 Å². The molecular weight excluding hydrogens is 310 g/mol. The smallest absolute Gasteiger partial charge is 0.273 e. The molecule has 124 valence electrons. The lowest BCUT2D eigenvalue weighted by Gasteiger charge is -2.08. The number of hydrogen-bond acceptors (Lipinski definition) is 5. The summed E-state index contributed by atoms with van der Waals surface area (Å²) in [7, 11) is 0. The molecule has 0 atom stereocenters. The molecule has 2 aromatic rings. The highest BCUT2D eigenvalue weighted by Gasteiger charge is 2.15. The molecule has 1 N–H and O–H groups in total. The molecule has 0 saturated carbocycles. The number of nitrogens with one attached hydrogen (secondary N) is 1. The highest BCUT2D eigenvalue weighted by Crippen LogP contribution is 2.18. The molecule has 0 unspecified atom stereocenters. The van der Waals surface area contributed by atoms with Gasteiger partial charge in [-0.2, -0.15) is 0 Å². The predicted molar refractivity (Wildman–Crippen MR) is 87.6 cm³/mol. The highest BCUT2D eigenvalue weighted by atomic mass is 16.6. The summed E-state index contributed by atoms with van der Waals surface area (Å²) >= 11 is 0. The van der Waals surface area contributed by atoms with Gasteiger partial charge in [0.1, 0.15) is 0 Å². The van der Waals surface area contributed by atoms with Crippen LogP contribution in [0.3, 0.4) is 0 Å². The molecule has 2 rings (SSSR count). The molecule has 0 bridgehead atoms. The van der Waals surface area contributed by atoms with E-state index in [0.29, 0.717) is 22.5 Å². The number of aromatic nitrogens is 1. The van der Waals surface area contributed by atoms with Crippen molar-refractivity contribution in [1.29, 1.82) is 0 Å². The molecule has 1 aromatic heterocycles. The van der Waals surface area contributed by atoms with Crippen LogP contribution in [0.2, 0.25) is 0 Å². The first-order chi connectivity index (χ1) is 11.4. The van der Waals surface area contributed by atoms with Crippen LogP contribution in [0, 0.1) is 17.0 Å². The second-order valence-electron chi connectivity index (χ2n) is 5.33. The van der Waals surface area contributed by atoms with Crippen molar-refractivity contribution in [1.82, 2.24) is 10.3 Å². The van der Waals surface area contributed by atoms with Gasteiger partial charge in [-0.05, 0) is 26.0 Å². The molecule has 0 radical (unpaired) electrons. The second kappa shape index (κ2) is 7.45. The van der Waals surface area contributed by atoms with Crippen molar-refractivity contribution in [3.63, 3.8) is 0 Å². The number of benzene rings is 1. The Morgan fingerprint density at radius 1 is 1.21 bits per heavy atom. The monoisotopic (exact) mass is 327 g/mol. The minimum absolute atomic E-state index is 0.0630. The number of carbonyl (C=O) groups is 2. The van der Waals surface area contributed by atoms with Gasteiger partial charge in [0, 0.05) is 22.9 Å². The maximum atomic E-state index is 12.0. The quantitative estimate of drug-likeness (QED) is 0.498. The molecular formula is C17H17N3O4. The minimum Gasteiger partial charge on any atom is -0.350 e. The zero-order valence-electron chi connectivity index (χ0n) is 13.4. The SMILES string of the molecule is CC(=O)c1ccc(CNC(=O)Cc2ccccc2[N+](=O)[O-])nc1C. The first-order valence-corrected chi connectivity index (χ1v) is 7.35. The highest BCUT2D eigenvalue weighted by molar-refractivity contribution is 5.95. The van der Waals surface area contributed by atoms with Crippen LogP contribution in [0.4, 0.5) is 5.69 Å². The molecule has 0 saturated heterocycles. The maximum Gasteiger partial charge on any atom is 0.273 e. The number of nitro groups is 1. The average molecular weight is 327 g/mol. The molecule has 0 spiro atoms. The average Bonchev–Trinajstić information content (AvgIpc) is 2.53. The zero-order valence-corrected chi connectivity index (χ0v) is 13.4. The van der Waals surface area contributed by atoms with Gasteiger partial charge in [-0.3, -0.25) is 24.7 Å². The molecule has 0 aliphatic carbocycles. The van der Waals surface area contributed by atoms with Gasteiger partial charge in [-0.1, -0.05) is 18.2 Å². The summed E-state index contributed by atoms with van der Waals surface area (Å²) in [5, 5.41) is 13.6. The lowest BCUT2D eigenvalue weighted by Crippen LogP contribution is -2.25. The molecule has 0 fully saturated rings. The van der Waals surface area contributed by atoms with E-state index in [-0.39, 0.29) is 30.3 Å². The summed E-state index contributed by atoms with van der Waals surface area (Å²) < 4.78 is 0. The second-order valence-corrected chi connectivity index (χ2v) is 5.33. The Morgan fingerprint density at radius 2 is 1.92 bits per heavy atom. The van der Waals surface area contributed by atoms with Crippen LogP contribution in [0.25, 0.3) is 0 Å². The fraction of sp³-hybridized carbons (Fsp3) is 0.235. The van der Waals surface area contributed by atoms with E-state index < -0.39 is 4.92 Å². The number of Topliss-reactive ketones (excluding diaryl/α,β-unsaturated/α-hetero) is 1. The lowest BCUT2D eigenvalue weighted by atomic mass is 10.1. The van der Waals surface area contributed by atoms with E-state index in [2.05, 4.69) is 10.3 Å². The molecule has 0 aliphatic rings. The Hall–Kier alpha value is -3.09. The van der Waals surface area contributed by atoms with Crippen LogP contribution in [-0.2, 0) is 17.8 Å². The van der Waals surface area contributed by atoms with Crippen LogP contribution in [0.15, 0.2) is 36.4 Å². The van der Waals surface area contributed by atoms with E-state index in [1.807, 2.05) is 0 Å². The Labute approximate surface area is 138 Å². The number of ketones is 1. The van der Waals surface area contributed by atoms with E-state index >= 15 is 0 Å². The fourth-order valence-electron chi connectivity index (χ4n) is 2.35. The molecule has 1 heterocycles. The van der Waals surface area contributed by atoms with E-state index in [1.165, 1.54) is 13.0 Å². The van der Waals surface area contributed by atoms with Gasteiger partial charge >= 0.3 is 0 Å². The van der Waals surface area contributed by atoms with Gasteiger partial charge in [0.05, 0.1) is 23.6 Å². The number of aryl methyl sites for hydroxylation is 1. The molecule has 7 heteroatoms. The van der Waals surface area contributed by atoms with Crippen molar-refractivity contribution >= 4 is 17.4 Å². The third kappa shape index (κ3) is 4.22. The van der Waals surface area contributed by atoms with E-state index in [9.17, 15) is 19.7 Å². The number of carbonyl (C=O) groups excluding carboxylic acids is 2. The normalized spacial score (nSPS) is 10.2. The van der Waals surface area contributed by atoms with Gasteiger partial charge in [0.15, 0.2) is 5.78 Å². The largest absolute Gasteiger partial charge is 0.350 e. The summed E-state index contributed by atoms with van der Waals surface area (Å²) in [5.41, 5.74) is 2.05. The first-order valence-electron chi connectivity index (χ1n) is 7.35. The Kier molecular flexibility index (Phi) is 5.36. The molecule has 1 amide bonds. The van der Waals surface area contributed by atoms with Crippen LogP contribution < -0.4 is 5.32 Å². The number of nitrogens with zero attached hydrogens (tertiary/aromatic N) is 2. The van der Waals surface area contributed by atoms with Crippen molar-refractivity contribution < 1.29 is 14.5 Å². The topological polar surface area (TPSA) is 102 Å². The van der Waals surface area contributed by atoms with E-state index in [4.69, 9.17) is 0 Å². The molecule has 1 aromatic carbocycles. The van der Waals surface area contributed by atoms with Gasteiger partial charge in [0.25, 0.3) is 5.69 Å². The van der Waals surface area contributed by atoms with Crippen LogP contribution in [-0.4, -0.2) is 21.6 Å². The van der Waals surface area contributed by atoms with Gasteiger partial charge in [-0.15, -0.1) is 0 Å². The van der Waals surface area contributed by atoms with Gasteiger partial charge in [0.2, 0.25) is 5.91 Å². The van der Waals surface area contributed by atoms with Crippen molar-refractivity contribution in [2.45, 2.75) is 26.8 Å². The Bertz CT molecular complexity index is 802. The standard InChI is InChI=1S/C17H17N3O4/c1-11-15(12(2)21)8-7-14(19-11)10-18-17(22)9-13-5-3-4-6-16(13)20(23)24/h3-8H,9-10H2,1-2H3,(H,18,22). The summed E-state index contributed by atoms with van der Waals surface area (Å²) in [6.07, 6.45) is -0.0817. The number of pyridine rings is 1. The maximum absolute atomic E-state index is 12.0. The number of amides is 1. The minimum atomic E-state index is -0.506. The van der Waals surface area contributed by atoms with E-state index in [1.54, 1.807) is 37.3 Å². The fourth-order valence-corrected chi connectivity index (χ4v) is 2.35. The van der Waals surface area contributed by atoms with Crippen molar-refractivity contribution in [2.24, 2.45) is 0 Å². The summed E-state index contributed by atoms with van der Waals surface area (Å²) in [6, 6.07) is 9.49. The first kappa shape index (κ1) is 17.3. The number of nitro benzene ring substituents is 1. The lowest BCUT2D eigenvalue weighted by molar-refractivity contribution is -0.385. The number of hydrogen-bond donors (Lipinski definition) is 1. The molecule has 24 heavy (non-hydrogen) atoms. The predicted octanol–water partition coefficient (Wildman–Crippen LogP) is 2.36. The Morgan fingerprint density at radius 3 is 2.54 bits per heavy atom. The summed E-state index contributed by atoms with van der Waals surface area (Å²) in [4.78, 5) is 38.1. The third-order valence-electron chi connectivity index (χ3n) is 3.53. The molecule has 0 aliphatic heterocycles. The van der Waals surface area contributed by atoms with Crippen molar-refractivity contribution in [2.75, 3.05) is 0 Å². The van der Waals surface area contributed by atoms with Gasteiger partial charge < -0.3 is 5.32 Å². The number of para-hydroxylation sites is 1. The zero-order chi connectivity index (χ0) is 17.7. The summed E-state index contributed by atoms with van der Waals surface area (Å²) in [6.45, 7) is 3.39. The van der Waals surface area contributed by atoms with Crippen LogP contribution in [0.5, 0.6) is 0 Å². The van der Waals surface area contributed by atoms with Crippen LogP contribution >= 0.6 is 0 Å². The Balaban J connectivity index is 2.00. The van der Waals surface area contributed by atoms with Crippen molar-refractivity contribution in [3.8, 4) is 0 Å². The van der Waals surface area contributed by atoms with Gasteiger partial charge in [-0.25, -0.2) is 0 Å². The van der Waals surface area contributed by atoms with Crippen molar-refractivity contribution in [3.05, 3.63) is 69.0 Å².